The van der Waals surface area contributed by atoms with Crippen molar-refractivity contribution in [1.29, 1.82) is 0 Å². The van der Waals surface area contributed by atoms with Crippen LogP contribution in [0.5, 0.6) is 0 Å². The van der Waals surface area contributed by atoms with Crippen LogP contribution in [0.4, 0.5) is 0 Å². The van der Waals surface area contributed by atoms with Gasteiger partial charge in [-0.15, -0.1) is 0 Å². The molecule has 1 heterocycles. The molecule has 0 amide bonds. The van der Waals surface area contributed by atoms with Crippen LogP contribution in [0, 0.1) is 5.92 Å². The summed E-state index contributed by atoms with van der Waals surface area (Å²) >= 11 is 0. The maximum Gasteiger partial charge on any atom is 0.305 e. The lowest BCUT2D eigenvalue weighted by Gasteiger charge is -2.44. The molecule has 0 aromatic rings. The summed E-state index contributed by atoms with van der Waals surface area (Å²) in [5.74, 6) is 0.470. The zero-order valence-corrected chi connectivity index (χ0v) is 10.7. The Kier molecular flexibility index (Phi) is 4.40. The van der Waals surface area contributed by atoms with E-state index in [1.165, 1.54) is 26.4 Å². The average molecular weight is 240 g/mol. The van der Waals surface area contributed by atoms with Gasteiger partial charge in [0.05, 0.1) is 7.11 Å². The molecule has 98 valence electrons. The van der Waals surface area contributed by atoms with Crippen molar-refractivity contribution in [1.82, 2.24) is 4.90 Å². The third-order valence-corrected chi connectivity index (χ3v) is 4.17. The fraction of sp³-hybridized carbons (Fsp3) is 0.923. The standard InChI is InChI=1S/C13H24N2O2/c1-17-13(16)6-5-10-7-11(14)9-15(8-10)12-3-2-4-12/h10-12H,2-9,14H2,1H3. The molecule has 2 unspecified atom stereocenters. The normalized spacial score (nSPS) is 30.9. The Hall–Kier alpha value is -0.610. The highest BCUT2D eigenvalue weighted by Gasteiger charge is 2.32. The van der Waals surface area contributed by atoms with Gasteiger partial charge in [0, 0.05) is 31.6 Å². The Bertz CT molecular complexity index is 266. The Morgan fingerprint density at radius 2 is 2.18 bits per heavy atom. The van der Waals surface area contributed by atoms with Crippen molar-refractivity contribution in [3.63, 3.8) is 0 Å². The Morgan fingerprint density at radius 1 is 1.41 bits per heavy atom. The van der Waals surface area contributed by atoms with Crippen LogP contribution in [0.25, 0.3) is 0 Å². The van der Waals surface area contributed by atoms with Gasteiger partial charge in [0.15, 0.2) is 0 Å². The van der Waals surface area contributed by atoms with Gasteiger partial charge in [-0.1, -0.05) is 6.42 Å². The number of esters is 1. The predicted molar refractivity (Wildman–Crippen MR) is 66.5 cm³/mol. The maximum atomic E-state index is 11.2. The van der Waals surface area contributed by atoms with Gasteiger partial charge in [-0.2, -0.15) is 0 Å². The summed E-state index contributed by atoms with van der Waals surface area (Å²) in [6, 6.07) is 1.05. The van der Waals surface area contributed by atoms with Crippen molar-refractivity contribution >= 4 is 5.97 Å². The molecule has 2 N–H and O–H groups in total. The first kappa shape index (κ1) is 12.8. The number of carbonyl (C=O) groups is 1. The number of carbonyl (C=O) groups excluding carboxylic acids is 1. The van der Waals surface area contributed by atoms with Crippen LogP contribution in [0.15, 0.2) is 0 Å². The van der Waals surface area contributed by atoms with Crippen molar-refractivity contribution < 1.29 is 9.53 Å². The lowest BCUT2D eigenvalue weighted by molar-refractivity contribution is -0.141. The van der Waals surface area contributed by atoms with E-state index in [9.17, 15) is 4.79 Å². The second-order valence-corrected chi connectivity index (χ2v) is 5.52. The van der Waals surface area contributed by atoms with Crippen LogP contribution in [0.3, 0.4) is 0 Å². The van der Waals surface area contributed by atoms with Crippen molar-refractivity contribution in [3.8, 4) is 0 Å². The Labute approximate surface area is 103 Å². The fourth-order valence-electron chi connectivity index (χ4n) is 2.97. The van der Waals surface area contributed by atoms with Gasteiger partial charge in [0.1, 0.15) is 0 Å². The van der Waals surface area contributed by atoms with E-state index < -0.39 is 0 Å². The van der Waals surface area contributed by atoms with Crippen molar-refractivity contribution in [2.75, 3.05) is 20.2 Å². The van der Waals surface area contributed by atoms with Crippen LogP contribution in [-0.2, 0) is 9.53 Å². The summed E-state index contributed by atoms with van der Waals surface area (Å²) in [5, 5.41) is 0. The number of hydrogen-bond donors (Lipinski definition) is 1. The van der Waals surface area contributed by atoms with Crippen molar-refractivity contribution in [2.45, 2.75) is 50.6 Å². The van der Waals surface area contributed by atoms with E-state index in [-0.39, 0.29) is 12.0 Å². The third kappa shape index (κ3) is 3.42. The number of hydrogen-bond acceptors (Lipinski definition) is 4. The molecule has 4 nitrogen and oxygen atoms in total. The molecule has 1 saturated carbocycles. The lowest BCUT2D eigenvalue weighted by atomic mass is 9.85. The van der Waals surface area contributed by atoms with Gasteiger partial charge in [-0.3, -0.25) is 9.69 Å². The highest BCUT2D eigenvalue weighted by Crippen LogP contribution is 2.30. The number of likely N-dealkylation sites (tertiary alicyclic amines) is 1. The summed E-state index contributed by atoms with van der Waals surface area (Å²) in [6.45, 7) is 2.16. The monoisotopic (exact) mass is 240 g/mol. The molecular formula is C13H24N2O2. The first-order valence-corrected chi connectivity index (χ1v) is 6.75. The minimum Gasteiger partial charge on any atom is -0.469 e. The first-order valence-electron chi connectivity index (χ1n) is 6.75. The van der Waals surface area contributed by atoms with Crippen LogP contribution < -0.4 is 5.73 Å². The quantitative estimate of drug-likeness (QED) is 0.749. The van der Waals surface area contributed by atoms with Crippen LogP contribution in [0.1, 0.15) is 38.5 Å². The zero-order valence-electron chi connectivity index (χ0n) is 10.7. The smallest absolute Gasteiger partial charge is 0.305 e. The largest absolute Gasteiger partial charge is 0.469 e. The second kappa shape index (κ2) is 5.83. The molecule has 1 aliphatic heterocycles. The summed E-state index contributed by atoms with van der Waals surface area (Å²) in [5.41, 5.74) is 6.11. The SMILES string of the molecule is COC(=O)CCC1CC(N)CN(C2CCC2)C1. The number of rotatable bonds is 4. The molecule has 0 bridgehead atoms. The summed E-state index contributed by atoms with van der Waals surface area (Å²) in [6.07, 6.45) is 6.53. The van der Waals surface area contributed by atoms with Gasteiger partial charge in [0.25, 0.3) is 0 Å². The Balaban J connectivity index is 1.78. The van der Waals surface area contributed by atoms with Gasteiger partial charge in [-0.05, 0) is 31.6 Å². The molecule has 4 heteroatoms. The van der Waals surface area contributed by atoms with E-state index in [1.807, 2.05) is 0 Å². The van der Waals surface area contributed by atoms with E-state index in [4.69, 9.17) is 10.5 Å². The topological polar surface area (TPSA) is 55.6 Å². The predicted octanol–water partition coefficient (Wildman–Crippen LogP) is 1.14. The van der Waals surface area contributed by atoms with E-state index >= 15 is 0 Å². The molecule has 2 aliphatic rings. The van der Waals surface area contributed by atoms with Gasteiger partial charge >= 0.3 is 5.97 Å². The van der Waals surface area contributed by atoms with E-state index in [2.05, 4.69) is 4.90 Å². The molecule has 0 aromatic heterocycles. The number of methoxy groups -OCH3 is 1. The number of piperidine rings is 1. The molecule has 2 fully saturated rings. The highest BCUT2D eigenvalue weighted by molar-refractivity contribution is 5.69. The molecule has 17 heavy (non-hydrogen) atoms. The second-order valence-electron chi connectivity index (χ2n) is 5.52. The van der Waals surface area contributed by atoms with Crippen LogP contribution in [0.2, 0.25) is 0 Å². The number of nitrogens with zero attached hydrogens (tertiary/aromatic N) is 1. The van der Waals surface area contributed by atoms with Crippen molar-refractivity contribution in [3.05, 3.63) is 0 Å². The zero-order chi connectivity index (χ0) is 12.3. The lowest BCUT2D eigenvalue weighted by Crippen LogP contribution is -2.53. The van der Waals surface area contributed by atoms with Crippen LogP contribution in [-0.4, -0.2) is 43.2 Å². The maximum absolute atomic E-state index is 11.2. The summed E-state index contributed by atoms with van der Waals surface area (Å²) in [7, 11) is 1.45. The molecule has 0 spiro atoms. The molecule has 0 radical (unpaired) electrons. The van der Waals surface area contributed by atoms with E-state index in [1.54, 1.807) is 0 Å². The highest BCUT2D eigenvalue weighted by atomic mass is 16.5. The molecule has 2 atom stereocenters. The summed E-state index contributed by atoms with van der Waals surface area (Å²) in [4.78, 5) is 13.7. The minimum atomic E-state index is -0.0978. The Morgan fingerprint density at radius 3 is 2.76 bits per heavy atom. The molecule has 1 saturated heterocycles. The van der Waals surface area contributed by atoms with Crippen molar-refractivity contribution in [2.24, 2.45) is 11.7 Å². The van der Waals surface area contributed by atoms with Gasteiger partial charge in [-0.25, -0.2) is 0 Å². The van der Waals surface area contributed by atoms with Crippen LogP contribution >= 0.6 is 0 Å². The van der Waals surface area contributed by atoms with Gasteiger partial charge in [0.2, 0.25) is 0 Å². The first-order chi connectivity index (χ1) is 8.19. The molecule has 2 rings (SSSR count). The molecule has 1 aliphatic carbocycles. The molecule has 0 aromatic carbocycles. The minimum absolute atomic E-state index is 0.0978. The van der Waals surface area contributed by atoms with Gasteiger partial charge < -0.3 is 10.5 Å². The third-order valence-electron chi connectivity index (χ3n) is 4.17. The summed E-state index contributed by atoms with van der Waals surface area (Å²) < 4.78 is 4.69. The molecular weight excluding hydrogens is 216 g/mol. The van der Waals surface area contributed by atoms with E-state index in [0.717, 1.165) is 32.0 Å². The number of ether oxygens (including phenoxy) is 1. The average Bonchev–Trinajstić information content (AvgIpc) is 2.22. The van der Waals surface area contributed by atoms with E-state index in [0.29, 0.717) is 12.3 Å². The fourth-order valence-corrected chi connectivity index (χ4v) is 2.97. The number of nitrogens with two attached hydrogens (primary N) is 1.